The third-order valence-corrected chi connectivity index (χ3v) is 14.1. The summed E-state index contributed by atoms with van der Waals surface area (Å²) in [5.41, 5.74) is -0.0620. The van der Waals surface area contributed by atoms with Crippen LogP contribution in [0.15, 0.2) is 65.5 Å². The van der Waals surface area contributed by atoms with Crippen molar-refractivity contribution >= 4 is 36.4 Å². The maximum atomic E-state index is 15.3. The maximum absolute atomic E-state index is 15.3. The molecule has 1 heterocycles. The average molecular weight is 848 g/mol. The number of benzene rings is 4. The van der Waals surface area contributed by atoms with E-state index in [-0.39, 0.29) is 18.6 Å². The van der Waals surface area contributed by atoms with Crippen molar-refractivity contribution in [1.82, 2.24) is 0 Å². The summed E-state index contributed by atoms with van der Waals surface area (Å²) in [6, 6.07) is 13.0. The predicted molar refractivity (Wildman–Crippen MR) is 229 cm³/mol. The summed E-state index contributed by atoms with van der Waals surface area (Å²) >= 11 is 0. The molecule has 0 aromatic heterocycles. The molecule has 0 N–H and O–H groups in total. The number of alkyl halides is 9. The largest absolute Gasteiger partial charge is 0.416 e. The molecular formula is C47H56BF9NP. The van der Waals surface area contributed by atoms with E-state index in [1.54, 1.807) is 0 Å². The van der Waals surface area contributed by atoms with E-state index in [2.05, 4.69) is 13.8 Å². The van der Waals surface area contributed by atoms with Crippen molar-refractivity contribution < 1.29 is 39.5 Å². The van der Waals surface area contributed by atoms with Gasteiger partial charge >= 0.3 is 18.5 Å². The molecule has 4 aromatic carbocycles. The highest BCUT2D eigenvalue weighted by molar-refractivity contribution is 7.80. The minimum atomic E-state index is -5.55. The van der Waals surface area contributed by atoms with E-state index in [1.807, 2.05) is 124 Å². The zero-order valence-corrected chi connectivity index (χ0v) is 37.3. The van der Waals surface area contributed by atoms with E-state index in [0.717, 1.165) is 55.1 Å². The van der Waals surface area contributed by atoms with Gasteiger partial charge in [0, 0.05) is 23.2 Å². The molecule has 320 valence electrons. The van der Waals surface area contributed by atoms with Crippen LogP contribution in [-0.4, -0.2) is 13.2 Å². The Kier molecular flexibility index (Phi) is 14.4. The normalized spacial score (nSPS) is 14.1. The molecule has 12 heteroatoms. The van der Waals surface area contributed by atoms with Gasteiger partial charge < -0.3 is 4.90 Å². The molecule has 1 aliphatic rings. The highest BCUT2D eigenvalue weighted by atomic mass is 31.1. The number of rotatable bonds is 7. The Hall–Kier alpha value is -3.72. The summed E-state index contributed by atoms with van der Waals surface area (Å²) in [6.45, 7) is 23.5. The second-order valence-electron chi connectivity index (χ2n) is 17.0. The Labute approximate surface area is 346 Å². The predicted octanol–water partition coefficient (Wildman–Crippen LogP) is 14.1. The van der Waals surface area contributed by atoms with Gasteiger partial charge in [-0.25, -0.2) is 0 Å². The molecule has 0 fully saturated rings. The molecule has 0 radical (unpaired) electrons. The first kappa shape index (κ1) is 48.0. The number of allylic oxidation sites excluding steroid dienone is 1. The number of anilines is 1. The molecule has 0 atom stereocenters. The molecular weight excluding hydrogens is 791 g/mol. The van der Waals surface area contributed by atoms with E-state index < -0.39 is 60.7 Å². The van der Waals surface area contributed by atoms with Crippen LogP contribution in [-0.2, 0) is 18.5 Å². The maximum Gasteiger partial charge on any atom is 0.416 e. The number of hydrogen-bond acceptors (Lipinski definition) is 1. The highest BCUT2D eigenvalue weighted by Gasteiger charge is 2.53. The zero-order chi connectivity index (χ0) is 44.7. The van der Waals surface area contributed by atoms with Crippen LogP contribution in [0, 0.1) is 60.8 Å². The summed E-state index contributed by atoms with van der Waals surface area (Å²) in [6.07, 6.45) is -12.8. The van der Waals surface area contributed by atoms with Crippen LogP contribution in [0.2, 0.25) is 0 Å². The molecule has 0 spiro atoms. The lowest BCUT2D eigenvalue weighted by Crippen LogP contribution is -2.46. The fourth-order valence-electron chi connectivity index (χ4n) is 8.79. The van der Waals surface area contributed by atoms with Crippen LogP contribution in [0.25, 0.3) is 0 Å². The van der Waals surface area contributed by atoms with Gasteiger partial charge in [0.05, 0.1) is 16.7 Å². The van der Waals surface area contributed by atoms with Crippen LogP contribution in [0.5, 0.6) is 0 Å². The topological polar surface area (TPSA) is 3.24 Å². The lowest BCUT2D eigenvalue weighted by Gasteiger charge is -2.37. The lowest BCUT2D eigenvalue weighted by atomic mass is 9.43. The molecule has 0 amide bonds. The summed E-state index contributed by atoms with van der Waals surface area (Å²) in [5, 5.41) is 1.95. The standard InChI is InChI=1S/C42H44BF9NP.C5H12/c1-22-15-26(5)35(27(6)16-22)54(36-28(7)17-23(2)18-29(36)8)38-37(39(9,10)11)53(34-24(3)13-12-14-25(34)4)21-43(38)33-31(41(47,48)49)19-30(40(44,45)46)20-32(33)42(50,51)52;1-3-5-4-2/h12-20H,21H2,1-11H3;3-5H2,1-2H3. The van der Waals surface area contributed by atoms with Gasteiger partial charge in [0.2, 0.25) is 6.71 Å². The zero-order valence-electron chi connectivity index (χ0n) is 36.4. The molecule has 0 bridgehead atoms. The molecule has 4 aromatic rings. The number of halogens is 9. The first-order valence-electron chi connectivity index (χ1n) is 20.0. The number of nitrogens with zero attached hydrogens (tertiary/aromatic N) is 1. The SMILES string of the molecule is CCCCC.Cc1cc(C)c(P(C2=C(C(C)(C)C)N(c3c(C)cccc3C)CB2c2c(C(F)(F)F)cc(C(F)(F)F)cc2C(F)(F)F)c2c(C)cc(C)cc2C)c(C)c1. The summed E-state index contributed by atoms with van der Waals surface area (Å²) < 4.78 is 134. The Morgan fingerprint density at radius 1 is 0.576 bits per heavy atom. The first-order valence-corrected chi connectivity index (χ1v) is 21.3. The van der Waals surface area contributed by atoms with Gasteiger partial charge in [0.25, 0.3) is 0 Å². The Morgan fingerprint density at radius 2 is 0.966 bits per heavy atom. The monoisotopic (exact) mass is 847 g/mol. The second kappa shape index (κ2) is 17.7. The first-order chi connectivity index (χ1) is 27.1. The average Bonchev–Trinajstić information content (AvgIpc) is 3.45. The third kappa shape index (κ3) is 10.3. The third-order valence-electron chi connectivity index (χ3n) is 10.8. The van der Waals surface area contributed by atoms with Crippen LogP contribution >= 0.6 is 7.92 Å². The van der Waals surface area contributed by atoms with Crippen LogP contribution in [0.1, 0.15) is 115 Å². The molecule has 1 nitrogen and oxygen atoms in total. The minimum absolute atomic E-state index is 0.145. The molecule has 0 aliphatic carbocycles. The van der Waals surface area contributed by atoms with Crippen molar-refractivity contribution in [3.8, 4) is 0 Å². The number of hydrogen-bond donors (Lipinski definition) is 0. The van der Waals surface area contributed by atoms with E-state index >= 15 is 26.3 Å². The van der Waals surface area contributed by atoms with Gasteiger partial charge in [-0.1, -0.05) is 107 Å². The van der Waals surface area contributed by atoms with Crippen molar-refractivity contribution in [1.29, 1.82) is 0 Å². The summed E-state index contributed by atoms with van der Waals surface area (Å²) in [4.78, 5) is 1.84. The molecule has 0 saturated heterocycles. The Balaban J connectivity index is 0.00000145. The lowest BCUT2D eigenvalue weighted by molar-refractivity contribution is -0.147. The van der Waals surface area contributed by atoms with E-state index in [9.17, 15) is 13.2 Å². The van der Waals surface area contributed by atoms with Gasteiger partial charge in [-0.3, -0.25) is 0 Å². The van der Waals surface area contributed by atoms with Gasteiger partial charge in [-0.2, -0.15) is 39.5 Å². The molecule has 5 rings (SSSR count). The summed E-state index contributed by atoms with van der Waals surface area (Å²) in [7, 11) is -1.91. The van der Waals surface area contributed by atoms with Crippen molar-refractivity contribution in [3.63, 3.8) is 0 Å². The van der Waals surface area contributed by atoms with Gasteiger partial charge in [0.1, 0.15) is 0 Å². The molecule has 1 aliphatic heterocycles. The number of unbranched alkanes of at least 4 members (excludes halogenated alkanes) is 2. The van der Waals surface area contributed by atoms with Crippen molar-refractivity contribution in [2.75, 3.05) is 11.3 Å². The molecule has 0 saturated carbocycles. The van der Waals surface area contributed by atoms with E-state index in [0.29, 0.717) is 16.6 Å². The van der Waals surface area contributed by atoms with E-state index in [4.69, 9.17) is 0 Å². The molecule has 59 heavy (non-hydrogen) atoms. The van der Waals surface area contributed by atoms with E-state index in [1.165, 1.54) is 19.3 Å². The van der Waals surface area contributed by atoms with Crippen LogP contribution < -0.4 is 21.0 Å². The minimum Gasteiger partial charge on any atom is -0.351 e. The Morgan fingerprint density at radius 3 is 1.27 bits per heavy atom. The number of aryl methyl sites for hydroxylation is 8. The fourth-order valence-corrected chi connectivity index (χ4v) is 12.4. The van der Waals surface area contributed by atoms with Crippen molar-refractivity contribution in [3.05, 3.63) is 127 Å². The fraction of sp³-hybridized carbons (Fsp3) is 0.447. The van der Waals surface area contributed by atoms with Gasteiger partial charge in [0.15, 0.2) is 0 Å². The highest BCUT2D eigenvalue weighted by Crippen LogP contribution is 2.57. The van der Waals surface area contributed by atoms with Gasteiger partial charge in [-0.15, -0.1) is 0 Å². The summed E-state index contributed by atoms with van der Waals surface area (Å²) in [5.74, 6) is 0. The second-order valence-corrected chi connectivity index (χ2v) is 19.1. The van der Waals surface area contributed by atoms with Gasteiger partial charge in [-0.05, 0) is 130 Å². The van der Waals surface area contributed by atoms with Crippen molar-refractivity contribution in [2.24, 2.45) is 5.41 Å². The number of para-hydroxylation sites is 1. The Bertz CT molecular complexity index is 2050. The quantitative estimate of drug-likeness (QED) is 0.102. The van der Waals surface area contributed by atoms with Crippen LogP contribution in [0.3, 0.4) is 0 Å². The van der Waals surface area contributed by atoms with Crippen LogP contribution in [0.4, 0.5) is 45.2 Å². The van der Waals surface area contributed by atoms with Crippen molar-refractivity contribution in [2.45, 2.75) is 128 Å². The smallest absolute Gasteiger partial charge is 0.351 e. The molecule has 0 unspecified atom stereocenters.